The van der Waals surface area contributed by atoms with Crippen molar-refractivity contribution in [3.63, 3.8) is 0 Å². The molecule has 1 aromatic heterocycles. The molecule has 0 unspecified atom stereocenters. The Labute approximate surface area is 308 Å². The number of fused-ring (bicyclic) bond motifs is 3. The normalized spacial score (nSPS) is 11.8. The van der Waals surface area contributed by atoms with Gasteiger partial charge in [-0.05, 0) is 83.9 Å². The number of hydrogen-bond donors (Lipinski definition) is 0. The van der Waals surface area contributed by atoms with Gasteiger partial charge in [0.2, 0.25) is 0 Å². The van der Waals surface area contributed by atoms with Crippen molar-refractivity contribution in [2.75, 3.05) is 9.80 Å². The van der Waals surface area contributed by atoms with Gasteiger partial charge in [-0.2, -0.15) is 21.6 Å². The van der Waals surface area contributed by atoms with E-state index in [0.29, 0.717) is 16.8 Å². The quantitative estimate of drug-likeness (QED) is 0.109. The van der Waals surface area contributed by atoms with Gasteiger partial charge >= 0.3 is 15.6 Å². The Morgan fingerprint density at radius 2 is 0.962 bits per heavy atom. The Kier molecular flexibility index (Phi) is 8.85. The maximum absolute atomic E-state index is 13.7. The van der Waals surface area contributed by atoms with E-state index in [0.717, 1.165) is 48.7 Å². The molecule has 1 heterocycles. The van der Waals surface area contributed by atoms with Gasteiger partial charge in [-0.3, -0.25) is 0 Å². The number of benzene rings is 7. The Balaban J connectivity index is 1.36. The summed E-state index contributed by atoms with van der Waals surface area (Å²) in [5, 5.41) is 1.27. The van der Waals surface area contributed by atoms with Gasteiger partial charge in [0.25, 0.3) is 0 Å². The van der Waals surface area contributed by atoms with Gasteiger partial charge in [0, 0.05) is 50.0 Å². The minimum atomic E-state index is -5.98. The Morgan fingerprint density at radius 3 is 1.51 bits per heavy atom. The van der Waals surface area contributed by atoms with Crippen molar-refractivity contribution in [3.8, 4) is 16.9 Å². The van der Waals surface area contributed by atoms with E-state index in [-0.39, 0.29) is 0 Å². The molecule has 0 bridgehead atoms. The summed E-state index contributed by atoms with van der Waals surface area (Å²) >= 11 is 1.46. The minimum Gasteiger partial charge on any atom is -0.376 e. The number of para-hydroxylation sites is 3. The molecule has 0 spiro atoms. The molecule has 7 aromatic carbocycles. The number of thiophene rings is 1. The highest BCUT2D eigenvalue weighted by molar-refractivity contribution is 7.88. The molecule has 262 valence electrons. The average molecular weight is 743 g/mol. The number of halogens is 3. The lowest BCUT2D eigenvalue weighted by Gasteiger charge is -2.27. The molecule has 53 heavy (non-hydrogen) atoms. The molecule has 0 radical (unpaired) electrons. The molecule has 0 saturated carbocycles. The first-order chi connectivity index (χ1) is 25.7. The summed E-state index contributed by atoms with van der Waals surface area (Å²) in [5.41, 5.74) is 0.906. The summed E-state index contributed by atoms with van der Waals surface area (Å²) in [6, 6.07) is 55.4. The predicted molar refractivity (Wildman–Crippen MR) is 210 cm³/mol. The molecule has 10 heteroatoms. The summed E-state index contributed by atoms with van der Waals surface area (Å²) in [6.45, 7) is 0. The van der Waals surface area contributed by atoms with Crippen molar-refractivity contribution in [3.05, 3.63) is 176 Å². The van der Waals surface area contributed by atoms with Gasteiger partial charge < -0.3 is 14.0 Å². The van der Waals surface area contributed by atoms with Crippen molar-refractivity contribution < 1.29 is 25.8 Å². The zero-order chi connectivity index (χ0) is 36.6. The molecule has 8 aromatic rings. The summed E-state index contributed by atoms with van der Waals surface area (Å²) in [5.74, 6) is -0.459. The lowest BCUT2D eigenvalue weighted by Crippen LogP contribution is -2.28. The van der Waals surface area contributed by atoms with Crippen LogP contribution in [0.2, 0.25) is 0 Å². The second-order valence-electron chi connectivity index (χ2n) is 12.2. The number of alkyl halides is 3. The fraction of sp³-hybridized carbons (Fsp3) is 0.0233. The Bertz CT molecular complexity index is 2600. The van der Waals surface area contributed by atoms with E-state index in [2.05, 4.69) is 4.90 Å². The van der Waals surface area contributed by atoms with E-state index in [1.165, 1.54) is 23.5 Å². The molecular weight excluding hydrogens is 714 g/mol. The topological polar surface area (TPSA) is 49.9 Å². The van der Waals surface area contributed by atoms with E-state index in [4.69, 9.17) is 4.18 Å². The van der Waals surface area contributed by atoms with Crippen molar-refractivity contribution >= 4 is 75.8 Å². The molecule has 5 nitrogen and oxygen atoms in total. The van der Waals surface area contributed by atoms with Crippen molar-refractivity contribution in [1.29, 1.82) is 0 Å². The summed E-state index contributed by atoms with van der Waals surface area (Å²) in [4.78, 5) is 3.99. The second-order valence-corrected chi connectivity index (χ2v) is 14.8. The first kappa shape index (κ1) is 34.0. The van der Waals surface area contributed by atoms with Crippen LogP contribution in [0.25, 0.3) is 31.3 Å². The van der Waals surface area contributed by atoms with Gasteiger partial charge in [-0.1, -0.05) is 97.1 Å². The third-order valence-electron chi connectivity index (χ3n) is 8.77. The van der Waals surface area contributed by atoms with Gasteiger partial charge in [-0.15, -0.1) is 11.3 Å². The highest BCUT2D eigenvalue weighted by atomic mass is 32.2. The summed E-state index contributed by atoms with van der Waals surface area (Å²) in [6.07, 6.45) is 0. The third kappa shape index (κ3) is 6.70. The molecule has 0 atom stereocenters. The van der Waals surface area contributed by atoms with Gasteiger partial charge in [0.05, 0.1) is 10.4 Å². The first-order valence-electron chi connectivity index (χ1n) is 16.6. The Morgan fingerprint density at radius 1 is 0.491 bits per heavy atom. The fourth-order valence-corrected chi connectivity index (χ4v) is 8.00. The van der Waals surface area contributed by atoms with Crippen LogP contribution in [0.5, 0.6) is 5.75 Å². The average Bonchev–Trinajstić information content (AvgIpc) is 3.54. The van der Waals surface area contributed by atoms with Crippen LogP contribution in [0.3, 0.4) is 0 Å². The lowest BCUT2D eigenvalue weighted by molar-refractivity contribution is -0.0500. The molecule has 0 amide bonds. The second kappa shape index (κ2) is 13.8. The van der Waals surface area contributed by atoms with Crippen molar-refractivity contribution in [1.82, 2.24) is 0 Å². The molecule has 0 saturated heterocycles. The Hall–Kier alpha value is -6.10. The molecule has 0 aliphatic heterocycles. The maximum atomic E-state index is 13.7. The van der Waals surface area contributed by atoms with Crippen LogP contribution in [-0.2, 0) is 10.1 Å². The minimum absolute atomic E-state index is 0.458. The maximum Gasteiger partial charge on any atom is 0.534 e. The van der Waals surface area contributed by atoms with Crippen LogP contribution in [-0.4, -0.2) is 13.9 Å². The number of nitrogens with zero attached hydrogens (tertiary/aromatic N) is 2. The van der Waals surface area contributed by atoms with Gasteiger partial charge in [-0.25, -0.2) is 0 Å². The van der Waals surface area contributed by atoms with E-state index in [1.807, 2.05) is 169 Å². The van der Waals surface area contributed by atoms with Gasteiger partial charge in [0.1, 0.15) is 5.75 Å². The van der Waals surface area contributed by atoms with Crippen LogP contribution in [0.4, 0.5) is 47.3 Å². The zero-order valence-corrected chi connectivity index (χ0v) is 29.4. The highest BCUT2D eigenvalue weighted by Gasteiger charge is 2.48. The van der Waals surface area contributed by atoms with E-state index >= 15 is 0 Å². The SMILES string of the molecule is O=S(=O)(Oc1cc(N(c2ccccc2)c2ccc(-c3ccccc3)cc2)c2sc3ccc(N(c4ccccc4)c4ccccc4)cc3c2c1)C(F)(F)F. The monoisotopic (exact) mass is 742 g/mol. The van der Waals surface area contributed by atoms with Crippen LogP contribution < -0.4 is 14.0 Å². The molecule has 0 N–H and O–H groups in total. The molecule has 0 fully saturated rings. The number of anilines is 6. The van der Waals surface area contributed by atoms with Crippen LogP contribution in [0.1, 0.15) is 0 Å². The lowest BCUT2D eigenvalue weighted by atomic mass is 10.0. The number of rotatable bonds is 9. The molecule has 8 rings (SSSR count). The molecule has 0 aliphatic carbocycles. The van der Waals surface area contributed by atoms with Crippen LogP contribution in [0, 0.1) is 0 Å². The van der Waals surface area contributed by atoms with E-state index in [1.54, 1.807) is 0 Å². The van der Waals surface area contributed by atoms with E-state index in [9.17, 15) is 21.6 Å². The van der Waals surface area contributed by atoms with Crippen molar-refractivity contribution in [2.45, 2.75) is 5.51 Å². The number of hydrogen-bond acceptors (Lipinski definition) is 6. The van der Waals surface area contributed by atoms with Crippen LogP contribution in [0.15, 0.2) is 176 Å². The molecule has 0 aliphatic rings. The standard InChI is InChI=1S/C43H29F3N2O3S2/c44-43(45,46)53(49,50)51-37-28-39-38-27-36(47(32-15-7-2-8-16-32)33-17-9-3-10-18-33)25-26-41(38)52-42(39)40(29-37)48(34-19-11-4-12-20-34)35-23-21-31(22-24-35)30-13-5-1-6-14-30/h1-29H. The fourth-order valence-electron chi connectivity index (χ4n) is 6.39. The largest absolute Gasteiger partial charge is 0.534 e. The predicted octanol–water partition coefficient (Wildman–Crippen LogP) is 12.9. The van der Waals surface area contributed by atoms with E-state index < -0.39 is 21.4 Å². The van der Waals surface area contributed by atoms with Crippen molar-refractivity contribution in [2.24, 2.45) is 0 Å². The van der Waals surface area contributed by atoms with Gasteiger partial charge in [0.15, 0.2) is 0 Å². The first-order valence-corrected chi connectivity index (χ1v) is 18.8. The highest BCUT2D eigenvalue weighted by Crippen LogP contribution is 2.49. The third-order valence-corrected chi connectivity index (χ3v) is 11.0. The summed E-state index contributed by atoms with van der Waals surface area (Å²) in [7, 11) is -5.98. The molecular formula is C43H29F3N2O3S2. The smallest absolute Gasteiger partial charge is 0.376 e. The summed E-state index contributed by atoms with van der Waals surface area (Å²) < 4.78 is 72.5. The zero-order valence-electron chi connectivity index (χ0n) is 27.8. The van der Waals surface area contributed by atoms with Crippen LogP contribution >= 0.6 is 11.3 Å².